The molecule has 9 heteroatoms. The van der Waals surface area contributed by atoms with Gasteiger partial charge in [-0.15, -0.1) is 10.2 Å². The molecule has 0 aromatic carbocycles. The first-order valence-electron chi connectivity index (χ1n) is 5.61. The van der Waals surface area contributed by atoms with Gasteiger partial charge in [-0.25, -0.2) is 0 Å². The van der Waals surface area contributed by atoms with Crippen molar-refractivity contribution in [2.24, 2.45) is 0 Å². The predicted molar refractivity (Wildman–Crippen MR) is 69.1 cm³/mol. The maximum absolute atomic E-state index is 10.5. The Kier molecular flexibility index (Phi) is 4.41. The van der Waals surface area contributed by atoms with E-state index in [0.29, 0.717) is 16.6 Å². The molecule has 2 aromatic heterocycles. The van der Waals surface area contributed by atoms with Crippen LogP contribution in [0.5, 0.6) is 5.75 Å². The van der Waals surface area contributed by atoms with Gasteiger partial charge >= 0.3 is 11.9 Å². The molecule has 0 aliphatic rings. The van der Waals surface area contributed by atoms with Crippen LogP contribution in [-0.2, 0) is 9.59 Å². The lowest BCUT2D eigenvalue weighted by Crippen LogP contribution is -2.05. The van der Waals surface area contributed by atoms with Crippen LogP contribution in [-0.4, -0.2) is 49.1 Å². The number of carbonyl (C=O) groups is 2. The standard InChI is InChI=1S/C11H11N3O5S/c15-8(16)3-5-19-7-2-1-4-14-10(7)12-13-11(14)20-6-9(17)18/h1-2,4H,3,5-6H2,(H,15,16)(H,17,18). The average Bonchev–Trinajstić information content (AvgIpc) is 2.80. The molecule has 106 valence electrons. The molecule has 2 N–H and O–H groups in total. The predicted octanol–water partition coefficient (Wildman–Crippen LogP) is 0.759. The van der Waals surface area contributed by atoms with Crippen molar-refractivity contribution in [2.75, 3.05) is 12.4 Å². The molecular formula is C11H11N3O5S. The minimum absolute atomic E-state index is 0.0273. The summed E-state index contributed by atoms with van der Waals surface area (Å²) in [6.07, 6.45) is 1.57. The summed E-state index contributed by atoms with van der Waals surface area (Å²) < 4.78 is 6.94. The van der Waals surface area contributed by atoms with E-state index in [-0.39, 0.29) is 18.8 Å². The number of aliphatic carboxylic acids is 2. The van der Waals surface area contributed by atoms with Crippen LogP contribution < -0.4 is 4.74 Å². The number of ether oxygens (including phenoxy) is 1. The average molecular weight is 297 g/mol. The van der Waals surface area contributed by atoms with Gasteiger partial charge in [-0.1, -0.05) is 11.8 Å². The molecule has 0 saturated carbocycles. The number of thioether (sulfide) groups is 1. The van der Waals surface area contributed by atoms with Gasteiger partial charge in [0.05, 0.1) is 18.8 Å². The number of hydrogen-bond acceptors (Lipinski definition) is 6. The molecule has 0 radical (unpaired) electrons. The first kappa shape index (κ1) is 14.1. The number of fused-ring (bicyclic) bond motifs is 1. The SMILES string of the molecule is O=C(O)CCOc1cccn2c(SCC(=O)O)nnc12. The highest BCUT2D eigenvalue weighted by Crippen LogP contribution is 2.23. The number of pyridine rings is 1. The highest BCUT2D eigenvalue weighted by molar-refractivity contribution is 7.99. The molecule has 2 rings (SSSR count). The van der Waals surface area contributed by atoms with Gasteiger partial charge in [0.25, 0.3) is 0 Å². The summed E-state index contributed by atoms with van der Waals surface area (Å²) in [7, 11) is 0. The zero-order valence-corrected chi connectivity index (χ0v) is 11.0. The van der Waals surface area contributed by atoms with Crippen molar-refractivity contribution in [2.45, 2.75) is 11.6 Å². The van der Waals surface area contributed by atoms with Gasteiger partial charge < -0.3 is 14.9 Å². The molecule has 2 aromatic rings. The van der Waals surface area contributed by atoms with E-state index in [1.54, 1.807) is 22.7 Å². The number of nitrogens with zero attached hydrogens (tertiary/aromatic N) is 3. The maximum atomic E-state index is 10.5. The van der Waals surface area contributed by atoms with Crippen molar-refractivity contribution in [3.63, 3.8) is 0 Å². The molecule has 0 saturated heterocycles. The first-order valence-corrected chi connectivity index (χ1v) is 6.59. The van der Waals surface area contributed by atoms with Crippen LogP contribution in [0.1, 0.15) is 6.42 Å². The molecule has 0 bridgehead atoms. The fraction of sp³-hybridized carbons (Fsp3) is 0.273. The third kappa shape index (κ3) is 3.38. The Morgan fingerprint density at radius 1 is 1.30 bits per heavy atom. The van der Waals surface area contributed by atoms with Crippen molar-refractivity contribution in [1.82, 2.24) is 14.6 Å². The summed E-state index contributed by atoms with van der Waals surface area (Å²) in [6, 6.07) is 3.34. The molecule has 0 fully saturated rings. The summed E-state index contributed by atoms with van der Waals surface area (Å²) in [5.74, 6) is -1.61. The van der Waals surface area contributed by atoms with E-state index >= 15 is 0 Å². The van der Waals surface area contributed by atoms with Gasteiger partial charge in [0.15, 0.2) is 10.9 Å². The van der Waals surface area contributed by atoms with Crippen LogP contribution >= 0.6 is 11.8 Å². The van der Waals surface area contributed by atoms with Crippen LogP contribution in [0.4, 0.5) is 0 Å². The van der Waals surface area contributed by atoms with E-state index in [1.165, 1.54) is 0 Å². The second kappa shape index (κ2) is 6.24. The number of rotatable bonds is 7. The normalized spacial score (nSPS) is 10.6. The number of hydrogen-bond donors (Lipinski definition) is 2. The molecule has 0 unspecified atom stereocenters. The zero-order chi connectivity index (χ0) is 14.5. The van der Waals surface area contributed by atoms with Gasteiger partial charge in [-0.2, -0.15) is 0 Å². The quantitative estimate of drug-likeness (QED) is 0.720. The molecule has 2 heterocycles. The molecule has 0 aliphatic heterocycles. The molecule has 0 amide bonds. The minimum atomic E-state index is -0.948. The van der Waals surface area contributed by atoms with Crippen molar-refractivity contribution < 1.29 is 24.5 Å². The fourth-order valence-electron chi connectivity index (χ4n) is 1.46. The Bertz CT molecular complexity index is 642. The summed E-state index contributed by atoms with van der Waals surface area (Å²) in [6.45, 7) is 0.0273. The summed E-state index contributed by atoms with van der Waals surface area (Å²) >= 11 is 1.04. The third-order valence-corrected chi connectivity index (χ3v) is 3.19. The lowest BCUT2D eigenvalue weighted by atomic mass is 10.4. The monoisotopic (exact) mass is 297 g/mol. The Balaban J connectivity index is 2.16. The second-order valence-corrected chi connectivity index (χ2v) is 4.67. The topological polar surface area (TPSA) is 114 Å². The van der Waals surface area contributed by atoms with Crippen LogP contribution in [0, 0.1) is 0 Å². The molecular weight excluding hydrogens is 286 g/mol. The molecule has 0 spiro atoms. The van der Waals surface area contributed by atoms with Crippen LogP contribution in [0.3, 0.4) is 0 Å². The van der Waals surface area contributed by atoms with Gasteiger partial charge in [-0.3, -0.25) is 14.0 Å². The van der Waals surface area contributed by atoms with Crippen molar-refractivity contribution >= 4 is 29.3 Å². The van der Waals surface area contributed by atoms with Gasteiger partial charge in [0.2, 0.25) is 5.65 Å². The highest BCUT2D eigenvalue weighted by Gasteiger charge is 2.12. The van der Waals surface area contributed by atoms with Crippen molar-refractivity contribution in [3.05, 3.63) is 18.3 Å². The van der Waals surface area contributed by atoms with E-state index in [0.717, 1.165) is 11.8 Å². The van der Waals surface area contributed by atoms with E-state index < -0.39 is 11.9 Å². The Labute approximate surface area is 117 Å². The van der Waals surface area contributed by atoms with Gasteiger partial charge in [-0.05, 0) is 12.1 Å². The molecule has 8 nitrogen and oxygen atoms in total. The number of carboxylic acid groups (broad SMARTS) is 2. The smallest absolute Gasteiger partial charge is 0.313 e. The van der Waals surface area contributed by atoms with Gasteiger partial charge in [0.1, 0.15) is 0 Å². The Morgan fingerprint density at radius 3 is 2.80 bits per heavy atom. The lowest BCUT2D eigenvalue weighted by molar-refractivity contribution is -0.137. The summed E-state index contributed by atoms with van der Waals surface area (Å²) in [4.78, 5) is 21.0. The lowest BCUT2D eigenvalue weighted by Gasteiger charge is -2.05. The summed E-state index contributed by atoms with van der Waals surface area (Å²) in [5.41, 5.74) is 0.422. The first-order chi connectivity index (χ1) is 9.58. The van der Waals surface area contributed by atoms with E-state index in [4.69, 9.17) is 14.9 Å². The molecule has 20 heavy (non-hydrogen) atoms. The van der Waals surface area contributed by atoms with E-state index in [1.807, 2.05) is 0 Å². The highest BCUT2D eigenvalue weighted by atomic mass is 32.2. The van der Waals surface area contributed by atoms with Crippen LogP contribution in [0.15, 0.2) is 23.5 Å². The molecule has 0 aliphatic carbocycles. The second-order valence-electron chi connectivity index (χ2n) is 3.72. The number of aromatic nitrogens is 3. The summed E-state index contributed by atoms with van der Waals surface area (Å²) in [5, 5.41) is 25.5. The largest absolute Gasteiger partial charge is 0.489 e. The van der Waals surface area contributed by atoms with Crippen molar-refractivity contribution in [3.8, 4) is 5.75 Å². The van der Waals surface area contributed by atoms with Crippen LogP contribution in [0.25, 0.3) is 5.65 Å². The third-order valence-electron chi connectivity index (χ3n) is 2.27. The zero-order valence-electron chi connectivity index (χ0n) is 10.2. The fourth-order valence-corrected chi connectivity index (χ4v) is 2.09. The Hall–Kier alpha value is -2.29. The number of carboxylic acids is 2. The van der Waals surface area contributed by atoms with Gasteiger partial charge in [0, 0.05) is 6.20 Å². The van der Waals surface area contributed by atoms with E-state index in [2.05, 4.69) is 10.2 Å². The van der Waals surface area contributed by atoms with E-state index in [9.17, 15) is 9.59 Å². The maximum Gasteiger partial charge on any atom is 0.313 e. The van der Waals surface area contributed by atoms with Crippen molar-refractivity contribution in [1.29, 1.82) is 0 Å². The van der Waals surface area contributed by atoms with Crippen LogP contribution in [0.2, 0.25) is 0 Å². The Morgan fingerprint density at radius 2 is 2.10 bits per heavy atom. The minimum Gasteiger partial charge on any atom is -0.489 e. The molecule has 0 atom stereocenters.